The zero-order valence-corrected chi connectivity index (χ0v) is 15.3. The number of benzene rings is 2. The van der Waals surface area contributed by atoms with Crippen LogP contribution in [0.25, 0.3) is 0 Å². The van der Waals surface area contributed by atoms with Crippen molar-refractivity contribution < 1.29 is 14.0 Å². The predicted molar refractivity (Wildman–Crippen MR) is 100.0 cm³/mol. The van der Waals surface area contributed by atoms with Crippen molar-refractivity contribution in [3.05, 3.63) is 82.2 Å². The number of Topliss-reactive ketones (excluding diaryl/α,β-unsaturated/α-hetero) is 1. The lowest BCUT2D eigenvalue weighted by molar-refractivity contribution is -0.113. The van der Waals surface area contributed by atoms with Crippen LogP contribution in [0, 0.1) is 5.82 Å². The first-order chi connectivity index (χ1) is 12.1. The molecule has 0 aliphatic rings. The normalized spacial score (nSPS) is 10.8. The summed E-state index contributed by atoms with van der Waals surface area (Å²) in [5.74, 6) is -1.47. The highest BCUT2D eigenvalue weighted by Gasteiger charge is 2.13. The maximum Gasteiger partial charge on any atom is 0.173 e. The SMILES string of the molecule is O=C(C=CNCCCc1cccc(Br)c1)CC(=O)c1ccccc1F. The fraction of sp³-hybridized carbons (Fsp3) is 0.200. The van der Waals surface area contributed by atoms with Crippen molar-refractivity contribution in [2.45, 2.75) is 19.3 Å². The molecular formula is C20H19BrFNO2. The van der Waals surface area contributed by atoms with Gasteiger partial charge >= 0.3 is 0 Å². The monoisotopic (exact) mass is 403 g/mol. The second kappa shape index (κ2) is 9.89. The van der Waals surface area contributed by atoms with Crippen molar-refractivity contribution in [1.82, 2.24) is 5.32 Å². The molecule has 25 heavy (non-hydrogen) atoms. The first kappa shape index (κ1) is 19.1. The fourth-order valence-corrected chi connectivity index (χ4v) is 2.77. The molecule has 0 saturated carbocycles. The van der Waals surface area contributed by atoms with E-state index in [4.69, 9.17) is 0 Å². The number of rotatable bonds is 9. The van der Waals surface area contributed by atoms with Crippen molar-refractivity contribution in [3.8, 4) is 0 Å². The Bertz CT molecular complexity index is 774. The molecule has 1 N–H and O–H groups in total. The molecule has 3 nitrogen and oxygen atoms in total. The van der Waals surface area contributed by atoms with Crippen LogP contribution in [0.5, 0.6) is 0 Å². The third kappa shape index (κ3) is 6.63. The van der Waals surface area contributed by atoms with Crippen LogP contribution in [0.15, 0.2) is 65.3 Å². The van der Waals surface area contributed by atoms with Crippen molar-refractivity contribution in [1.29, 1.82) is 0 Å². The number of ketones is 2. The number of hydrogen-bond acceptors (Lipinski definition) is 3. The second-order valence-corrected chi connectivity index (χ2v) is 6.48. The Morgan fingerprint density at radius 3 is 2.68 bits per heavy atom. The molecule has 0 radical (unpaired) electrons. The molecule has 0 saturated heterocycles. The van der Waals surface area contributed by atoms with E-state index in [0.29, 0.717) is 0 Å². The topological polar surface area (TPSA) is 46.2 Å². The molecule has 0 unspecified atom stereocenters. The van der Waals surface area contributed by atoms with Gasteiger partial charge in [-0.25, -0.2) is 4.39 Å². The number of halogens is 2. The minimum absolute atomic E-state index is 0.0498. The summed E-state index contributed by atoms with van der Waals surface area (Å²) in [6, 6.07) is 13.8. The van der Waals surface area contributed by atoms with Gasteiger partial charge in [-0.1, -0.05) is 40.2 Å². The highest BCUT2D eigenvalue weighted by molar-refractivity contribution is 9.10. The largest absolute Gasteiger partial charge is 0.391 e. The molecule has 130 valence electrons. The minimum Gasteiger partial charge on any atom is -0.391 e. The van der Waals surface area contributed by atoms with Crippen molar-refractivity contribution >= 4 is 27.5 Å². The molecule has 2 rings (SSSR count). The van der Waals surface area contributed by atoms with Crippen LogP contribution in [0.3, 0.4) is 0 Å². The first-order valence-corrected chi connectivity index (χ1v) is 8.80. The lowest BCUT2D eigenvalue weighted by atomic mass is 10.1. The van der Waals surface area contributed by atoms with Gasteiger partial charge in [0.25, 0.3) is 0 Å². The average molecular weight is 404 g/mol. The lowest BCUT2D eigenvalue weighted by Gasteiger charge is -2.03. The summed E-state index contributed by atoms with van der Waals surface area (Å²) < 4.78 is 14.5. The van der Waals surface area contributed by atoms with E-state index in [9.17, 15) is 14.0 Å². The van der Waals surface area contributed by atoms with Crippen LogP contribution < -0.4 is 5.32 Å². The number of nitrogens with one attached hydrogen (secondary N) is 1. The molecule has 2 aromatic rings. The third-order valence-corrected chi connectivity index (χ3v) is 4.06. The van der Waals surface area contributed by atoms with Crippen LogP contribution in [0.4, 0.5) is 4.39 Å². The number of aryl methyl sites for hydroxylation is 1. The van der Waals surface area contributed by atoms with E-state index >= 15 is 0 Å². The van der Waals surface area contributed by atoms with Gasteiger partial charge < -0.3 is 5.32 Å². The molecule has 0 bridgehead atoms. The maximum atomic E-state index is 13.5. The molecule has 0 amide bonds. The van der Waals surface area contributed by atoms with Gasteiger partial charge in [0.15, 0.2) is 11.6 Å². The van der Waals surface area contributed by atoms with Crippen LogP contribution >= 0.6 is 15.9 Å². The van der Waals surface area contributed by atoms with E-state index in [1.165, 1.54) is 36.0 Å². The molecule has 0 fully saturated rings. The summed E-state index contributed by atoms with van der Waals surface area (Å²) in [5.41, 5.74) is 1.19. The van der Waals surface area contributed by atoms with Gasteiger partial charge in [0, 0.05) is 11.0 Å². The van der Waals surface area contributed by atoms with E-state index in [2.05, 4.69) is 33.4 Å². The smallest absolute Gasteiger partial charge is 0.173 e. The third-order valence-electron chi connectivity index (χ3n) is 3.57. The van der Waals surface area contributed by atoms with E-state index in [-0.39, 0.29) is 17.8 Å². The summed E-state index contributed by atoms with van der Waals surface area (Å²) in [7, 11) is 0. The molecular weight excluding hydrogens is 385 g/mol. The highest BCUT2D eigenvalue weighted by atomic mass is 79.9. The number of carbonyl (C=O) groups excluding carboxylic acids is 2. The van der Waals surface area contributed by atoms with Crippen molar-refractivity contribution in [2.24, 2.45) is 0 Å². The Kier molecular flexibility index (Phi) is 7.54. The van der Waals surface area contributed by atoms with Crippen LogP contribution in [0.1, 0.15) is 28.8 Å². The van der Waals surface area contributed by atoms with Crippen LogP contribution in [-0.4, -0.2) is 18.1 Å². The summed E-state index contributed by atoms with van der Waals surface area (Å²) in [6.07, 6.45) is 4.37. The van der Waals surface area contributed by atoms with E-state index in [0.717, 1.165) is 23.9 Å². The summed E-state index contributed by atoms with van der Waals surface area (Å²) in [4.78, 5) is 23.6. The van der Waals surface area contributed by atoms with Crippen molar-refractivity contribution in [3.63, 3.8) is 0 Å². The summed E-state index contributed by atoms with van der Waals surface area (Å²) in [6.45, 7) is 0.720. The van der Waals surface area contributed by atoms with E-state index in [1.807, 2.05) is 12.1 Å². The summed E-state index contributed by atoms with van der Waals surface area (Å²) in [5, 5.41) is 3.03. The second-order valence-electron chi connectivity index (χ2n) is 5.57. The van der Waals surface area contributed by atoms with E-state index < -0.39 is 11.6 Å². The molecule has 0 aromatic heterocycles. The van der Waals surface area contributed by atoms with Gasteiger partial charge in [-0.05, 0) is 54.9 Å². The van der Waals surface area contributed by atoms with Gasteiger partial charge in [0.2, 0.25) is 0 Å². The van der Waals surface area contributed by atoms with Crippen LogP contribution in [0.2, 0.25) is 0 Å². The Hall–Kier alpha value is -2.27. The quantitative estimate of drug-likeness (QED) is 0.290. The zero-order valence-electron chi connectivity index (χ0n) is 13.7. The Balaban J connectivity index is 1.68. The van der Waals surface area contributed by atoms with Gasteiger partial charge in [0.05, 0.1) is 12.0 Å². The fourth-order valence-electron chi connectivity index (χ4n) is 2.32. The minimum atomic E-state index is -0.602. The number of carbonyl (C=O) groups is 2. The zero-order chi connectivity index (χ0) is 18.1. The van der Waals surface area contributed by atoms with Gasteiger partial charge in [0.1, 0.15) is 5.82 Å². The molecule has 2 aromatic carbocycles. The Morgan fingerprint density at radius 2 is 1.92 bits per heavy atom. The predicted octanol–water partition coefficient (Wildman–Crippen LogP) is 4.47. The molecule has 0 aliphatic heterocycles. The molecule has 5 heteroatoms. The average Bonchev–Trinajstić information content (AvgIpc) is 2.58. The molecule has 0 spiro atoms. The van der Waals surface area contributed by atoms with Crippen LogP contribution in [-0.2, 0) is 11.2 Å². The Labute approximate surface area is 155 Å². The highest BCUT2D eigenvalue weighted by Crippen LogP contribution is 2.12. The lowest BCUT2D eigenvalue weighted by Crippen LogP contribution is -2.11. The maximum absolute atomic E-state index is 13.5. The van der Waals surface area contributed by atoms with Gasteiger partial charge in [-0.15, -0.1) is 0 Å². The standard InChI is InChI=1S/C20H19BrFNO2/c21-16-7-3-5-15(13-16)6-4-11-23-12-10-17(24)14-20(25)18-8-1-2-9-19(18)22/h1-3,5,7-10,12-13,23H,4,6,11,14H2. The molecule has 0 heterocycles. The number of hydrogen-bond donors (Lipinski definition) is 1. The van der Waals surface area contributed by atoms with Gasteiger partial charge in [-0.3, -0.25) is 9.59 Å². The summed E-state index contributed by atoms with van der Waals surface area (Å²) >= 11 is 3.44. The number of allylic oxidation sites excluding steroid dienone is 1. The molecule has 0 aliphatic carbocycles. The van der Waals surface area contributed by atoms with Crippen molar-refractivity contribution in [2.75, 3.05) is 6.54 Å². The van der Waals surface area contributed by atoms with Gasteiger partial charge in [-0.2, -0.15) is 0 Å². The molecule has 0 atom stereocenters. The van der Waals surface area contributed by atoms with E-state index in [1.54, 1.807) is 6.07 Å². The first-order valence-electron chi connectivity index (χ1n) is 8.01. The Morgan fingerprint density at radius 1 is 1.12 bits per heavy atom.